The van der Waals surface area contributed by atoms with E-state index in [0.29, 0.717) is 5.75 Å². The van der Waals surface area contributed by atoms with Crippen molar-refractivity contribution in [3.05, 3.63) is 29.3 Å². The molecule has 1 atom stereocenters. The van der Waals surface area contributed by atoms with Gasteiger partial charge in [0.15, 0.2) is 0 Å². The van der Waals surface area contributed by atoms with Gasteiger partial charge in [-0.3, -0.25) is 4.79 Å². The number of carboxylic acid groups (broad SMARTS) is 1. The van der Waals surface area contributed by atoms with Gasteiger partial charge in [0.05, 0.1) is 7.11 Å². The summed E-state index contributed by atoms with van der Waals surface area (Å²) >= 11 is 0. The normalized spacial score (nSPS) is 12.5. The van der Waals surface area contributed by atoms with Gasteiger partial charge in [0.2, 0.25) is 0 Å². The molecule has 5 nitrogen and oxygen atoms in total. The van der Waals surface area contributed by atoms with Gasteiger partial charge in [0.1, 0.15) is 11.8 Å². The van der Waals surface area contributed by atoms with Crippen LogP contribution in [0.25, 0.3) is 0 Å². The van der Waals surface area contributed by atoms with E-state index in [4.69, 9.17) is 15.6 Å². The molecule has 0 radical (unpaired) electrons. The Balaban J connectivity index is 2.94. The first kappa shape index (κ1) is 14.5. The van der Waals surface area contributed by atoms with Crippen LogP contribution in [0.3, 0.4) is 0 Å². The lowest BCUT2D eigenvalue weighted by atomic mass is 10.0. The molecule has 0 aliphatic carbocycles. The third-order valence-corrected chi connectivity index (χ3v) is 2.60. The van der Waals surface area contributed by atoms with Crippen molar-refractivity contribution < 1.29 is 14.6 Å². The molecule has 1 aromatic rings. The number of nitrogens with two attached hydrogens (primary N) is 1. The average Bonchev–Trinajstić information content (AvgIpc) is 2.28. The highest BCUT2D eigenvalue weighted by atomic mass is 16.5. The molecule has 100 valence electrons. The van der Waals surface area contributed by atoms with E-state index in [0.717, 1.165) is 17.7 Å². The van der Waals surface area contributed by atoms with Gasteiger partial charge >= 0.3 is 5.97 Å². The van der Waals surface area contributed by atoms with Crippen molar-refractivity contribution in [1.29, 1.82) is 0 Å². The summed E-state index contributed by atoms with van der Waals surface area (Å²) in [7, 11) is 5.52. The van der Waals surface area contributed by atoms with Gasteiger partial charge in [0, 0.05) is 13.0 Å². The maximum atomic E-state index is 10.8. The summed E-state index contributed by atoms with van der Waals surface area (Å²) in [5, 5.41) is 8.85. The molecule has 1 unspecified atom stereocenters. The Morgan fingerprint density at radius 1 is 1.50 bits per heavy atom. The lowest BCUT2D eigenvalue weighted by molar-refractivity contribution is -0.138. The topological polar surface area (TPSA) is 75.8 Å². The zero-order valence-corrected chi connectivity index (χ0v) is 11.0. The predicted octanol–water partition coefficient (Wildman–Crippen LogP) is 0.711. The first-order chi connectivity index (χ1) is 8.43. The quantitative estimate of drug-likeness (QED) is 0.780. The Bertz CT molecular complexity index is 419. The molecular formula is C13H20N2O3. The second kappa shape index (κ2) is 6.37. The van der Waals surface area contributed by atoms with Gasteiger partial charge in [-0.05, 0) is 31.3 Å². The van der Waals surface area contributed by atoms with Crippen LogP contribution in [-0.2, 0) is 17.8 Å². The lowest BCUT2D eigenvalue weighted by Crippen LogP contribution is -2.32. The molecule has 0 heterocycles. The highest BCUT2D eigenvalue weighted by molar-refractivity contribution is 5.73. The van der Waals surface area contributed by atoms with Gasteiger partial charge in [-0.2, -0.15) is 0 Å². The van der Waals surface area contributed by atoms with Crippen molar-refractivity contribution in [2.24, 2.45) is 5.73 Å². The summed E-state index contributed by atoms with van der Waals surface area (Å²) in [6, 6.07) is 4.85. The minimum atomic E-state index is -1.00. The van der Waals surface area contributed by atoms with Crippen LogP contribution in [0.15, 0.2) is 18.2 Å². The first-order valence-electron chi connectivity index (χ1n) is 5.73. The Kier molecular flexibility index (Phi) is 5.12. The smallest absolute Gasteiger partial charge is 0.320 e. The molecule has 1 rings (SSSR count). The number of hydrogen-bond acceptors (Lipinski definition) is 4. The molecule has 0 aromatic heterocycles. The largest absolute Gasteiger partial charge is 0.496 e. The fourth-order valence-corrected chi connectivity index (χ4v) is 1.78. The van der Waals surface area contributed by atoms with Crippen molar-refractivity contribution >= 4 is 5.97 Å². The SMILES string of the molecule is COc1ccc(CN(C)C)cc1CC(N)C(=O)O. The van der Waals surface area contributed by atoms with Crippen molar-refractivity contribution in [2.75, 3.05) is 21.2 Å². The predicted molar refractivity (Wildman–Crippen MR) is 69.7 cm³/mol. The van der Waals surface area contributed by atoms with Gasteiger partial charge < -0.3 is 20.5 Å². The number of aliphatic carboxylic acids is 1. The molecular weight excluding hydrogens is 232 g/mol. The van der Waals surface area contributed by atoms with E-state index in [2.05, 4.69) is 0 Å². The number of nitrogens with zero attached hydrogens (tertiary/aromatic N) is 1. The molecule has 3 N–H and O–H groups in total. The summed E-state index contributed by atoms with van der Waals surface area (Å²) in [6.07, 6.45) is 0.264. The summed E-state index contributed by atoms with van der Waals surface area (Å²) in [4.78, 5) is 12.8. The minimum absolute atomic E-state index is 0.264. The zero-order chi connectivity index (χ0) is 13.7. The van der Waals surface area contributed by atoms with E-state index in [1.807, 2.05) is 37.2 Å². The van der Waals surface area contributed by atoms with Crippen LogP contribution in [0.2, 0.25) is 0 Å². The van der Waals surface area contributed by atoms with E-state index >= 15 is 0 Å². The molecule has 0 fully saturated rings. The molecule has 0 aliphatic rings. The molecule has 18 heavy (non-hydrogen) atoms. The van der Waals surface area contributed by atoms with Crippen molar-refractivity contribution in [1.82, 2.24) is 4.90 Å². The molecule has 5 heteroatoms. The van der Waals surface area contributed by atoms with Crippen LogP contribution < -0.4 is 10.5 Å². The number of ether oxygens (including phenoxy) is 1. The number of carboxylic acids is 1. The third kappa shape index (κ3) is 4.01. The average molecular weight is 252 g/mol. The summed E-state index contributed by atoms with van der Waals surface area (Å²) in [6.45, 7) is 0.791. The van der Waals surface area contributed by atoms with E-state index in [1.165, 1.54) is 0 Å². The van der Waals surface area contributed by atoms with Gasteiger partial charge in [0.25, 0.3) is 0 Å². The molecule has 1 aromatic carbocycles. The maximum absolute atomic E-state index is 10.8. The Morgan fingerprint density at radius 2 is 2.17 bits per heavy atom. The van der Waals surface area contributed by atoms with Crippen LogP contribution in [0.4, 0.5) is 0 Å². The molecule has 0 aliphatic heterocycles. The Morgan fingerprint density at radius 3 is 2.67 bits per heavy atom. The van der Waals surface area contributed by atoms with Crippen LogP contribution >= 0.6 is 0 Å². The second-order valence-corrected chi connectivity index (χ2v) is 4.53. The number of rotatable bonds is 6. The highest BCUT2D eigenvalue weighted by Crippen LogP contribution is 2.21. The van der Waals surface area contributed by atoms with Crippen LogP contribution in [0, 0.1) is 0 Å². The van der Waals surface area contributed by atoms with Crippen LogP contribution in [-0.4, -0.2) is 43.2 Å². The number of hydrogen-bond donors (Lipinski definition) is 2. The molecule has 0 bridgehead atoms. The standard InChI is InChI=1S/C13H20N2O3/c1-15(2)8-9-4-5-12(18-3)10(6-9)7-11(14)13(16)17/h4-6,11H,7-8,14H2,1-3H3,(H,16,17). The van der Waals surface area contributed by atoms with Crippen LogP contribution in [0.1, 0.15) is 11.1 Å². The maximum Gasteiger partial charge on any atom is 0.320 e. The first-order valence-corrected chi connectivity index (χ1v) is 5.73. The third-order valence-electron chi connectivity index (χ3n) is 2.60. The number of benzene rings is 1. The van der Waals surface area contributed by atoms with Crippen molar-refractivity contribution in [3.63, 3.8) is 0 Å². The fourth-order valence-electron chi connectivity index (χ4n) is 1.78. The monoisotopic (exact) mass is 252 g/mol. The number of carbonyl (C=O) groups is 1. The summed E-state index contributed by atoms with van der Waals surface area (Å²) in [5.74, 6) is -0.329. The highest BCUT2D eigenvalue weighted by Gasteiger charge is 2.15. The van der Waals surface area contributed by atoms with E-state index in [9.17, 15) is 4.79 Å². The van der Waals surface area contributed by atoms with E-state index < -0.39 is 12.0 Å². The van der Waals surface area contributed by atoms with Gasteiger partial charge in [-0.25, -0.2) is 0 Å². The second-order valence-electron chi connectivity index (χ2n) is 4.53. The zero-order valence-electron chi connectivity index (χ0n) is 11.0. The molecule has 0 amide bonds. The summed E-state index contributed by atoms with van der Waals surface area (Å²) in [5.41, 5.74) is 7.49. The Hall–Kier alpha value is -1.59. The number of methoxy groups -OCH3 is 1. The van der Waals surface area contributed by atoms with Gasteiger partial charge in [-0.15, -0.1) is 0 Å². The minimum Gasteiger partial charge on any atom is -0.496 e. The van der Waals surface area contributed by atoms with E-state index in [1.54, 1.807) is 7.11 Å². The fraction of sp³-hybridized carbons (Fsp3) is 0.462. The van der Waals surface area contributed by atoms with Crippen molar-refractivity contribution in [2.45, 2.75) is 19.0 Å². The Labute approximate surface area is 107 Å². The van der Waals surface area contributed by atoms with Gasteiger partial charge in [-0.1, -0.05) is 12.1 Å². The lowest BCUT2D eigenvalue weighted by Gasteiger charge is -2.15. The molecule has 0 saturated carbocycles. The van der Waals surface area contributed by atoms with Crippen LogP contribution in [0.5, 0.6) is 5.75 Å². The van der Waals surface area contributed by atoms with E-state index in [-0.39, 0.29) is 6.42 Å². The van der Waals surface area contributed by atoms with Crippen molar-refractivity contribution in [3.8, 4) is 5.75 Å². The molecule has 0 spiro atoms. The molecule has 0 saturated heterocycles. The summed E-state index contributed by atoms with van der Waals surface area (Å²) < 4.78 is 5.22.